The van der Waals surface area contributed by atoms with Crippen LogP contribution >= 0.6 is 11.6 Å². The fourth-order valence-electron chi connectivity index (χ4n) is 4.94. The molecule has 6 heteroatoms. The topological polar surface area (TPSA) is 45.6 Å². The van der Waals surface area contributed by atoms with Crippen molar-refractivity contribution in [3.8, 4) is 16.9 Å². The Hall–Kier alpha value is -3.83. The number of aryl methyl sites for hydroxylation is 2. The Balaban J connectivity index is 1.42. The molecule has 1 aromatic heterocycles. The predicted octanol–water partition coefficient (Wildman–Crippen LogP) is 6.32. The van der Waals surface area contributed by atoms with E-state index in [0.717, 1.165) is 33.8 Å². The van der Waals surface area contributed by atoms with Crippen molar-refractivity contribution in [1.29, 1.82) is 0 Å². The maximum atomic E-state index is 13.8. The van der Waals surface area contributed by atoms with Crippen LogP contribution in [0.4, 0.5) is 0 Å². The van der Waals surface area contributed by atoms with E-state index >= 15 is 0 Å². The predicted molar refractivity (Wildman–Crippen MR) is 149 cm³/mol. The zero-order valence-corrected chi connectivity index (χ0v) is 22.1. The number of benzene rings is 3. The maximum absolute atomic E-state index is 13.8. The molecule has 0 radical (unpaired) electrons. The molecule has 2 heterocycles. The van der Waals surface area contributed by atoms with Gasteiger partial charge >= 0.3 is 0 Å². The number of rotatable bonds is 4. The SMILES string of the molecule is Cc1ccc(C(=O)N2CCN(C(=O)c3cc(-c4ccc(Cl)cc4)n(-c4ccccc4C)c3C)CC2)cc1. The van der Waals surface area contributed by atoms with Gasteiger partial charge in [0.1, 0.15) is 0 Å². The first-order valence-corrected chi connectivity index (χ1v) is 12.9. The van der Waals surface area contributed by atoms with Gasteiger partial charge in [-0.15, -0.1) is 0 Å². The Morgan fingerprint density at radius 3 is 1.95 bits per heavy atom. The van der Waals surface area contributed by atoms with E-state index in [1.165, 1.54) is 0 Å². The van der Waals surface area contributed by atoms with Crippen molar-refractivity contribution in [2.45, 2.75) is 20.8 Å². The number of hydrogen-bond donors (Lipinski definition) is 0. The van der Waals surface area contributed by atoms with E-state index < -0.39 is 0 Å². The van der Waals surface area contributed by atoms with Gasteiger partial charge in [-0.1, -0.05) is 59.6 Å². The second-order valence-corrected chi connectivity index (χ2v) is 10.0. The maximum Gasteiger partial charge on any atom is 0.255 e. The van der Waals surface area contributed by atoms with Crippen molar-refractivity contribution in [3.63, 3.8) is 0 Å². The second-order valence-electron chi connectivity index (χ2n) is 9.61. The lowest BCUT2D eigenvalue weighted by Gasteiger charge is -2.35. The molecule has 1 fully saturated rings. The number of para-hydroxylation sites is 1. The van der Waals surface area contributed by atoms with Gasteiger partial charge in [-0.3, -0.25) is 9.59 Å². The van der Waals surface area contributed by atoms with E-state index in [0.29, 0.717) is 42.3 Å². The highest BCUT2D eigenvalue weighted by Crippen LogP contribution is 2.32. The molecule has 0 N–H and O–H groups in total. The van der Waals surface area contributed by atoms with Gasteiger partial charge in [0.05, 0.1) is 11.3 Å². The molecule has 0 atom stereocenters. The highest BCUT2D eigenvalue weighted by molar-refractivity contribution is 6.30. The van der Waals surface area contributed by atoms with Gasteiger partial charge in [0.25, 0.3) is 11.8 Å². The third kappa shape index (κ3) is 4.92. The first kappa shape index (κ1) is 24.8. The van der Waals surface area contributed by atoms with Crippen LogP contribution in [0.3, 0.4) is 0 Å². The molecule has 0 aliphatic carbocycles. The monoisotopic (exact) mass is 511 g/mol. The van der Waals surface area contributed by atoms with E-state index in [4.69, 9.17) is 11.6 Å². The summed E-state index contributed by atoms with van der Waals surface area (Å²) in [4.78, 5) is 30.4. The number of amides is 2. The Bertz CT molecular complexity index is 1450. The second kappa shape index (κ2) is 10.3. The zero-order valence-electron chi connectivity index (χ0n) is 21.4. The van der Waals surface area contributed by atoms with E-state index in [2.05, 4.69) is 23.6 Å². The lowest BCUT2D eigenvalue weighted by atomic mass is 10.1. The van der Waals surface area contributed by atoms with Gasteiger partial charge in [-0.05, 0) is 68.3 Å². The van der Waals surface area contributed by atoms with Gasteiger partial charge in [0, 0.05) is 48.1 Å². The molecule has 1 aliphatic rings. The molecule has 0 bridgehead atoms. The summed E-state index contributed by atoms with van der Waals surface area (Å²) in [5, 5.41) is 0.670. The molecule has 2 amide bonds. The molecule has 37 heavy (non-hydrogen) atoms. The van der Waals surface area contributed by atoms with Crippen molar-refractivity contribution in [3.05, 3.63) is 112 Å². The molecule has 0 spiro atoms. The fourth-order valence-corrected chi connectivity index (χ4v) is 5.07. The normalized spacial score (nSPS) is 13.6. The molecule has 0 unspecified atom stereocenters. The molecule has 1 saturated heterocycles. The summed E-state index contributed by atoms with van der Waals surface area (Å²) in [6.45, 7) is 8.11. The van der Waals surface area contributed by atoms with Gasteiger partial charge in [-0.2, -0.15) is 0 Å². The molecule has 188 valence electrons. The summed E-state index contributed by atoms with van der Waals surface area (Å²) < 4.78 is 2.16. The first-order chi connectivity index (χ1) is 17.8. The number of carbonyl (C=O) groups is 2. The summed E-state index contributed by atoms with van der Waals surface area (Å²) in [7, 11) is 0. The highest BCUT2D eigenvalue weighted by Gasteiger charge is 2.28. The van der Waals surface area contributed by atoms with Gasteiger partial charge in [0.15, 0.2) is 0 Å². The summed E-state index contributed by atoms with van der Waals surface area (Å²) in [6, 6.07) is 25.5. The van der Waals surface area contributed by atoms with Gasteiger partial charge < -0.3 is 14.4 Å². The molecule has 1 aliphatic heterocycles. The molecule has 5 nitrogen and oxygen atoms in total. The molecular weight excluding hydrogens is 482 g/mol. The van der Waals surface area contributed by atoms with Crippen LogP contribution in [-0.4, -0.2) is 52.4 Å². The summed E-state index contributed by atoms with van der Waals surface area (Å²) in [6.07, 6.45) is 0. The van der Waals surface area contributed by atoms with Crippen LogP contribution in [0.1, 0.15) is 37.5 Å². The van der Waals surface area contributed by atoms with Crippen LogP contribution in [-0.2, 0) is 0 Å². The number of hydrogen-bond acceptors (Lipinski definition) is 2. The zero-order chi connectivity index (χ0) is 26.1. The van der Waals surface area contributed by atoms with E-state index in [9.17, 15) is 9.59 Å². The third-order valence-corrected chi connectivity index (χ3v) is 7.38. The number of nitrogens with zero attached hydrogens (tertiary/aromatic N) is 3. The van der Waals surface area contributed by atoms with Crippen molar-refractivity contribution >= 4 is 23.4 Å². The minimum atomic E-state index is -0.0116. The van der Waals surface area contributed by atoms with Crippen LogP contribution in [0.15, 0.2) is 78.9 Å². The first-order valence-electron chi connectivity index (χ1n) is 12.5. The van der Waals surface area contributed by atoms with Gasteiger partial charge in [-0.25, -0.2) is 0 Å². The van der Waals surface area contributed by atoms with Crippen LogP contribution in [0.25, 0.3) is 16.9 Å². The molecule has 5 rings (SSSR count). The third-order valence-electron chi connectivity index (χ3n) is 7.13. The van der Waals surface area contributed by atoms with E-state index in [1.807, 2.05) is 90.4 Å². The van der Waals surface area contributed by atoms with Crippen molar-refractivity contribution < 1.29 is 9.59 Å². The summed E-state index contributed by atoms with van der Waals surface area (Å²) in [5.74, 6) is 0.00138. The number of halogens is 1. The largest absolute Gasteiger partial charge is 0.335 e. The van der Waals surface area contributed by atoms with Crippen molar-refractivity contribution in [2.24, 2.45) is 0 Å². The lowest BCUT2D eigenvalue weighted by molar-refractivity contribution is 0.0535. The van der Waals surface area contributed by atoms with E-state index in [-0.39, 0.29) is 11.8 Å². The Labute approximate surface area is 222 Å². The lowest BCUT2D eigenvalue weighted by Crippen LogP contribution is -2.50. The molecule has 0 saturated carbocycles. The minimum absolute atomic E-state index is 0.0116. The van der Waals surface area contributed by atoms with Crippen LogP contribution in [0.2, 0.25) is 5.02 Å². The fraction of sp³-hybridized carbons (Fsp3) is 0.226. The minimum Gasteiger partial charge on any atom is -0.335 e. The Kier molecular flexibility index (Phi) is 6.90. The summed E-state index contributed by atoms with van der Waals surface area (Å²) >= 11 is 6.15. The van der Waals surface area contributed by atoms with Crippen molar-refractivity contribution in [1.82, 2.24) is 14.4 Å². The van der Waals surface area contributed by atoms with E-state index in [1.54, 1.807) is 0 Å². The molecular formula is C31H30ClN3O2. The molecule has 4 aromatic rings. The van der Waals surface area contributed by atoms with Crippen molar-refractivity contribution in [2.75, 3.05) is 26.2 Å². The summed E-state index contributed by atoms with van der Waals surface area (Å²) in [5.41, 5.74) is 7.47. The average molecular weight is 512 g/mol. The Morgan fingerprint density at radius 1 is 0.730 bits per heavy atom. The number of carbonyl (C=O) groups excluding carboxylic acids is 2. The number of piperazine rings is 1. The van der Waals surface area contributed by atoms with Crippen LogP contribution in [0, 0.1) is 20.8 Å². The average Bonchev–Trinajstić information content (AvgIpc) is 3.25. The standard InChI is InChI=1S/C31H30ClN3O2/c1-21-8-10-25(11-9-21)30(36)33-16-18-34(19-17-33)31(37)27-20-29(24-12-14-26(32)15-13-24)35(23(27)3)28-7-5-4-6-22(28)2/h4-15,20H,16-19H2,1-3H3. The van der Waals surface area contributed by atoms with Crippen LogP contribution < -0.4 is 0 Å². The smallest absolute Gasteiger partial charge is 0.255 e. The van der Waals surface area contributed by atoms with Crippen LogP contribution in [0.5, 0.6) is 0 Å². The van der Waals surface area contributed by atoms with Gasteiger partial charge in [0.2, 0.25) is 0 Å². The Morgan fingerprint density at radius 2 is 1.32 bits per heavy atom. The molecule has 3 aromatic carbocycles. The number of aromatic nitrogens is 1. The highest BCUT2D eigenvalue weighted by atomic mass is 35.5. The quantitative estimate of drug-likeness (QED) is 0.322.